The standard InChI is InChI=1S/C16H21NO2S/c1-4-15(5-2)10-16(11-15,12-17)20(18,19)14-8-6-13(3)7-9-14/h6-9H,4-5,10-11H2,1-3H3. The quantitative estimate of drug-likeness (QED) is 0.851. The smallest absolute Gasteiger partial charge is 0.197 e. The van der Waals surface area contributed by atoms with Crippen LogP contribution in [0.2, 0.25) is 0 Å². The van der Waals surface area contributed by atoms with E-state index in [9.17, 15) is 13.7 Å². The molecule has 0 atom stereocenters. The van der Waals surface area contributed by atoms with Crippen LogP contribution in [0.15, 0.2) is 29.2 Å². The monoisotopic (exact) mass is 291 g/mol. The number of aryl methyl sites for hydroxylation is 1. The Labute approximate surface area is 121 Å². The summed E-state index contributed by atoms with van der Waals surface area (Å²) in [6.07, 6.45) is 2.77. The van der Waals surface area contributed by atoms with Crippen LogP contribution in [0.1, 0.15) is 45.1 Å². The summed E-state index contributed by atoms with van der Waals surface area (Å²) in [5.74, 6) is 0. The Hall–Kier alpha value is -1.34. The molecule has 0 aromatic heterocycles. The predicted octanol–water partition coefficient (Wildman–Crippen LogP) is 3.63. The Balaban J connectivity index is 2.39. The first-order chi connectivity index (χ1) is 9.35. The highest BCUT2D eigenvalue weighted by atomic mass is 32.2. The number of nitrogens with zero attached hydrogens (tertiary/aromatic N) is 1. The molecule has 1 aliphatic rings. The molecule has 3 nitrogen and oxygen atoms in total. The number of benzene rings is 1. The third kappa shape index (κ3) is 2.05. The molecule has 20 heavy (non-hydrogen) atoms. The summed E-state index contributed by atoms with van der Waals surface area (Å²) >= 11 is 0. The minimum atomic E-state index is -3.58. The fourth-order valence-corrected chi connectivity index (χ4v) is 5.24. The Morgan fingerprint density at radius 3 is 2.05 bits per heavy atom. The van der Waals surface area contributed by atoms with Gasteiger partial charge in [-0.3, -0.25) is 0 Å². The van der Waals surface area contributed by atoms with Crippen molar-refractivity contribution in [2.45, 2.75) is 56.1 Å². The highest BCUT2D eigenvalue weighted by molar-refractivity contribution is 7.93. The first-order valence-electron chi connectivity index (χ1n) is 7.07. The Kier molecular flexibility index (Phi) is 3.68. The maximum absolute atomic E-state index is 12.8. The van der Waals surface area contributed by atoms with Gasteiger partial charge < -0.3 is 0 Å². The molecule has 0 heterocycles. The Morgan fingerprint density at radius 1 is 1.15 bits per heavy atom. The summed E-state index contributed by atoms with van der Waals surface area (Å²) in [6, 6.07) is 8.89. The van der Waals surface area contributed by atoms with Gasteiger partial charge in [-0.2, -0.15) is 5.26 Å². The number of hydrogen-bond acceptors (Lipinski definition) is 3. The minimum absolute atomic E-state index is 0.0213. The highest BCUT2D eigenvalue weighted by Gasteiger charge is 2.61. The van der Waals surface area contributed by atoms with Gasteiger partial charge in [-0.1, -0.05) is 44.4 Å². The molecular formula is C16H21NO2S. The third-order valence-corrected chi connectivity index (χ3v) is 7.17. The van der Waals surface area contributed by atoms with E-state index in [4.69, 9.17) is 0 Å². The van der Waals surface area contributed by atoms with Gasteiger partial charge in [0, 0.05) is 0 Å². The van der Waals surface area contributed by atoms with Crippen LogP contribution < -0.4 is 0 Å². The normalized spacial score (nSPS) is 19.9. The largest absolute Gasteiger partial charge is 0.222 e. The topological polar surface area (TPSA) is 57.9 Å². The van der Waals surface area contributed by atoms with E-state index in [0.717, 1.165) is 18.4 Å². The van der Waals surface area contributed by atoms with Gasteiger partial charge >= 0.3 is 0 Å². The van der Waals surface area contributed by atoms with Gasteiger partial charge in [0.05, 0.1) is 11.0 Å². The number of rotatable bonds is 4. The number of nitriles is 1. The molecule has 0 radical (unpaired) electrons. The molecule has 0 spiro atoms. The van der Waals surface area contributed by atoms with Crippen molar-refractivity contribution in [3.8, 4) is 6.07 Å². The van der Waals surface area contributed by atoms with E-state index in [1.165, 1.54) is 0 Å². The average molecular weight is 291 g/mol. The molecule has 1 aliphatic carbocycles. The zero-order chi connectivity index (χ0) is 15.0. The Bertz CT molecular complexity index is 626. The van der Waals surface area contributed by atoms with Crippen LogP contribution in [-0.2, 0) is 9.84 Å². The fourth-order valence-electron chi connectivity index (χ4n) is 3.18. The summed E-state index contributed by atoms with van der Waals surface area (Å²) in [6.45, 7) is 6.06. The van der Waals surface area contributed by atoms with Crippen molar-refractivity contribution >= 4 is 9.84 Å². The molecular weight excluding hydrogens is 270 g/mol. The highest BCUT2D eigenvalue weighted by Crippen LogP contribution is 2.57. The van der Waals surface area contributed by atoms with Crippen LogP contribution >= 0.6 is 0 Å². The van der Waals surface area contributed by atoms with Crippen LogP contribution in [0.4, 0.5) is 0 Å². The molecule has 0 amide bonds. The molecule has 1 aromatic carbocycles. The van der Waals surface area contributed by atoms with E-state index in [0.29, 0.717) is 12.8 Å². The lowest BCUT2D eigenvalue weighted by atomic mass is 9.59. The van der Waals surface area contributed by atoms with Gasteiger partial charge in [0.15, 0.2) is 14.6 Å². The van der Waals surface area contributed by atoms with Gasteiger partial charge in [0.2, 0.25) is 0 Å². The average Bonchev–Trinajstić information content (AvgIpc) is 2.40. The van der Waals surface area contributed by atoms with E-state index in [-0.39, 0.29) is 10.3 Å². The fraction of sp³-hybridized carbons (Fsp3) is 0.562. The molecule has 4 heteroatoms. The molecule has 0 unspecified atom stereocenters. The maximum atomic E-state index is 12.8. The van der Waals surface area contributed by atoms with Crippen molar-refractivity contribution in [2.24, 2.45) is 5.41 Å². The van der Waals surface area contributed by atoms with Crippen molar-refractivity contribution in [3.63, 3.8) is 0 Å². The molecule has 1 aromatic rings. The van der Waals surface area contributed by atoms with Gasteiger partial charge in [-0.25, -0.2) is 8.42 Å². The van der Waals surface area contributed by atoms with Crippen LogP contribution in [0.5, 0.6) is 0 Å². The molecule has 1 saturated carbocycles. The van der Waals surface area contributed by atoms with Crippen molar-refractivity contribution in [1.29, 1.82) is 5.26 Å². The second-order valence-corrected chi connectivity index (χ2v) is 8.24. The molecule has 0 aliphatic heterocycles. The van der Waals surface area contributed by atoms with E-state index in [1.807, 2.05) is 6.92 Å². The van der Waals surface area contributed by atoms with Crippen LogP contribution in [0.25, 0.3) is 0 Å². The minimum Gasteiger partial charge on any atom is -0.222 e. The van der Waals surface area contributed by atoms with Crippen molar-refractivity contribution in [3.05, 3.63) is 29.8 Å². The molecule has 108 valence electrons. The summed E-state index contributed by atoms with van der Waals surface area (Å²) in [5, 5.41) is 9.48. The molecule has 0 bridgehead atoms. The zero-order valence-corrected chi connectivity index (χ0v) is 13.1. The van der Waals surface area contributed by atoms with Crippen LogP contribution in [-0.4, -0.2) is 13.2 Å². The zero-order valence-electron chi connectivity index (χ0n) is 12.3. The second-order valence-electron chi connectivity index (χ2n) is 5.98. The SMILES string of the molecule is CCC1(CC)CC(C#N)(S(=O)(=O)c2ccc(C)cc2)C1. The molecule has 1 fully saturated rings. The Morgan fingerprint density at radius 2 is 1.65 bits per heavy atom. The maximum Gasteiger partial charge on any atom is 0.197 e. The third-order valence-electron chi connectivity index (χ3n) is 4.87. The van der Waals surface area contributed by atoms with Crippen molar-refractivity contribution < 1.29 is 8.42 Å². The van der Waals surface area contributed by atoms with E-state index < -0.39 is 14.6 Å². The lowest BCUT2D eigenvalue weighted by Gasteiger charge is -2.51. The summed E-state index contributed by atoms with van der Waals surface area (Å²) in [7, 11) is -3.58. The molecule has 0 saturated heterocycles. The first-order valence-corrected chi connectivity index (χ1v) is 8.56. The molecule has 0 N–H and O–H groups in total. The molecule has 2 rings (SSSR count). The van der Waals surface area contributed by atoms with E-state index in [2.05, 4.69) is 19.9 Å². The van der Waals surface area contributed by atoms with Gasteiger partial charge in [-0.15, -0.1) is 0 Å². The van der Waals surface area contributed by atoms with Gasteiger partial charge in [0.1, 0.15) is 0 Å². The van der Waals surface area contributed by atoms with Crippen LogP contribution in [0.3, 0.4) is 0 Å². The summed E-state index contributed by atoms with van der Waals surface area (Å²) in [4.78, 5) is 0.269. The van der Waals surface area contributed by atoms with Gasteiger partial charge in [0.25, 0.3) is 0 Å². The first kappa shape index (κ1) is 15.1. The summed E-state index contributed by atoms with van der Waals surface area (Å²) in [5.41, 5.74) is 1.04. The lowest BCUT2D eigenvalue weighted by Crippen LogP contribution is -2.55. The number of sulfone groups is 1. The van der Waals surface area contributed by atoms with E-state index >= 15 is 0 Å². The predicted molar refractivity (Wildman–Crippen MR) is 79.0 cm³/mol. The van der Waals surface area contributed by atoms with Crippen molar-refractivity contribution in [1.82, 2.24) is 0 Å². The van der Waals surface area contributed by atoms with E-state index in [1.54, 1.807) is 24.3 Å². The summed E-state index contributed by atoms with van der Waals surface area (Å²) < 4.78 is 24.3. The van der Waals surface area contributed by atoms with Crippen LogP contribution in [0, 0.1) is 23.7 Å². The van der Waals surface area contributed by atoms with Gasteiger partial charge in [-0.05, 0) is 37.3 Å². The number of hydrogen-bond donors (Lipinski definition) is 0. The second kappa shape index (κ2) is 4.89. The lowest BCUT2D eigenvalue weighted by molar-refractivity contribution is 0.0927. The van der Waals surface area contributed by atoms with Crippen molar-refractivity contribution in [2.75, 3.05) is 0 Å².